The van der Waals surface area contributed by atoms with Crippen LogP contribution < -0.4 is 28.0 Å². The third-order valence-corrected chi connectivity index (χ3v) is 10.0. The number of hydrogen-bond donors (Lipinski definition) is 8. The van der Waals surface area contributed by atoms with Crippen molar-refractivity contribution < 1.29 is 43.1 Å². The van der Waals surface area contributed by atoms with Gasteiger partial charge >= 0.3 is 5.97 Å². The van der Waals surface area contributed by atoms with Crippen molar-refractivity contribution >= 4 is 57.6 Å². The van der Waals surface area contributed by atoms with Gasteiger partial charge in [0.15, 0.2) is 11.5 Å². The quantitative estimate of drug-likeness (QED) is 0.0261. The monoisotopic (exact) mass is 982 g/mol. The number of hydrogen-bond acceptors (Lipinski definition) is 13. The summed E-state index contributed by atoms with van der Waals surface area (Å²) in [6, 6.07) is 27.5. The van der Waals surface area contributed by atoms with Gasteiger partial charge in [-0.1, -0.05) is 36.8 Å². The van der Waals surface area contributed by atoms with Crippen LogP contribution in [0.15, 0.2) is 133 Å². The molecule has 3 aromatic carbocycles. The Morgan fingerprint density at radius 2 is 1.00 bits per heavy atom. The first kappa shape index (κ1) is 54.5. The number of nitrogen functional groups attached to an aromatic ring is 1. The lowest BCUT2D eigenvalue weighted by molar-refractivity contribution is 0.0688. The van der Waals surface area contributed by atoms with Gasteiger partial charge in [0.2, 0.25) is 0 Å². The zero-order chi connectivity index (χ0) is 51.9. The van der Waals surface area contributed by atoms with Gasteiger partial charge in [0, 0.05) is 41.2 Å². The summed E-state index contributed by atoms with van der Waals surface area (Å²) in [5.41, 5.74) is 18.7. The highest BCUT2D eigenvalue weighted by molar-refractivity contribution is 6.05. The molecule has 6 aromatic heterocycles. The average molecular weight is 983 g/mol. The van der Waals surface area contributed by atoms with Crippen molar-refractivity contribution in [2.24, 2.45) is 16.8 Å². The minimum atomic E-state index is -1.13. The fraction of sp³-hybridized carbons (Fsp3) is 0.0816. The van der Waals surface area contributed by atoms with E-state index in [-0.39, 0.29) is 30.3 Å². The van der Waals surface area contributed by atoms with Gasteiger partial charge in [-0.05, 0) is 104 Å². The van der Waals surface area contributed by atoms with E-state index < -0.39 is 35.2 Å². The largest absolute Gasteiger partial charge is 0.477 e. The fourth-order valence-corrected chi connectivity index (χ4v) is 6.24. The van der Waals surface area contributed by atoms with Crippen LogP contribution in [0.4, 0.5) is 30.2 Å². The molecule has 0 saturated carbocycles. The molecule has 0 fully saturated rings. The molecule has 11 N–H and O–H groups in total. The summed E-state index contributed by atoms with van der Waals surface area (Å²) in [6.45, 7) is 5.54. The van der Waals surface area contributed by atoms with E-state index in [9.17, 15) is 27.6 Å². The molecule has 0 aliphatic carbocycles. The lowest BCUT2D eigenvalue weighted by Crippen LogP contribution is -2.17. The van der Waals surface area contributed by atoms with Crippen molar-refractivity contribution in [1.82, 2.24) is 28.2 Å². The highest BCUT2D eigenvalue weighted by Gasteiger charge is 2.16. The van der Waals surface area contributed by atoms with Crippen molar-refractivity contribution in [3.63, 3.8) is 0 Å². The van der Waals surface area contributed by atoms with E-state index >= 15 is 0 Å². The van der Waals surface area contributed by atoms with Gasteiger partial charge in [0.05, 0.1) is 41.9 Å². The molecule has 6 heterocycles. The number of amidine groups is 1. The molecule has 0 unspecified atom stereocenters. The molecular formula is C49H45F3N14O6. The average Bonchev–Trinajstić information content (AvgIpc) is 4.11. The number of benzene rings is 3. The number of carbonyl (C=O) groups excluding carboxylic acids is 2. The summed E-state index contributed by atoms with van der Waals surface area (Å²) in [5, 5.41) is 49.7. The van der Waals surface area contributed by atoms with Crippen molar-refractivity contribution in [3.05, 3.63) is 196 Å². The number of nitriles is 2. The Morgan fingerprint density at radius 1 is 0.611 bits per heavy atom. The van der Waals surface area contributed by atoms with Crippen LogP contribution in [0, 0.1) is 60.9 Å². The maximum Gasteiger partial charge on any atom is 0.354 e. The number of nitrogens with zero attached hydrogens (tertiary/aromatic N) is 9. The Morgan fingerprint density at radius 3 is 1.42 bits per heavy atom. The second kappa shape index (κ2) is 24.8. The first-order valence-electron chi connectivity index (χ1n) is 20.3. The lowest BCUT2D eigenvalue weighted by Gasteiger charge is -2.10. The number of anilines is 3. The first-order chi connectivity index (χ1) is 34.0. The number of oxime groups is 1. The SMILES string of the molecule is C.Cc1ccc(/C(N)=N/O)cc1NC(=O)c1cnc2ccc(F)cn12.Cc1ccc(C#N)cc1N.Cc1ccc(C#N)cc1NC(=O)c1cnc2ccc(F)cn12.NO.O=C(O)c1cnc2ccc(F)cn12. The number of nitrogens with one attached hydrogen (secondary N) is 2. The van der Waals surface area contributed by atoms with Crippen LogP contribution in [-0.2, 0) is 0 Å². The molecule has 9 aromatic rings. The van der Waals surface area contributed by atoms with E-state index in [4.69, 9.17) is 37.5 Å². The zero-order valence-electron chi connectivity index (χ0n) is 37.6. The number of pyridine rings is 3. The highest BCUT2D eigenvalue weighted by atomic mass is 19.1. The number of aromatic nitrogens is 6. The zero-order valence-corrected chi connectivity index (χ0v) is 37.6. The second-order valence-electron chi connectivity index (χ2n) is 14.7. The number of imidazole rings is 3. The summed E-state index contributed by atoms with van der Waals surface area (Å²) in [7, 11) is 0. The molecule has 0 aliphatic rings. The number of rotatable bonds is 6. The second-order valence-corrected chi connectivity index (χ2v) is 14.7. The van der Waals surface area contributed by atoms with E-state index in [1.165, 1.54) is 80.6 Å². The lowest BCUT2D eigenvalue weighted by atomic mass is 10.1. The topological polar surface area (TPSA) is 326 Å². The van der Waals surface area contributed by atoms with Crippen LogP contribution >= 0.6 is 0 Å². The van der Waals surface area contributed by atoms with E-state index in [1.54, 1.807) is 55.5 Å². The van der Waals surface area contributed by atoms with Crippen LogP contribution in [0.2, 0.25) is 0 Å². The van der Waals surface area contributed by atoms with E-state index in [0.717, 1.165) is 22.9 Å². The van der Waals surface area contributed by atoms with Crippen LogP contribution in [0.1, 0.15) is 72.3 Å². The van der Waals surface area contributed by atoms with Crippen molar-refractivity contribution in [1.29, 1.82) is 10.5 Å². The maximum absolute atomic E-state index is 13.4. The van der Waals surface area contributed by atoms with Gasteiger partial charge < -0.3 is 37.6 Å². The molecule has 0 radical (unpaired) electrons. The predicted octanol–water partition coefficient (Wildman–Crippen LogP) is 7.63. The third-order valence-electron chi connectivity index (χ3n) is 10.0. The smallest absolute Gasteiger partial charge is 0.354 e. The molecule has 72 heavy (non-hydrogen) atoms. The number of aryl methyl sites for hydroxylation is 3. The van der Waals surface area contributed by atoms with Gasteiger partial charge in [-0.2, -0.15) is 10.5 Å². The molecule has 2 amide bonds. The molecular weight excluding hydrogens is 938 g/mol. The molecule has 0 saturated heterocycles. The Balaban J connectivity index is 0.000000215. The van der Waals surface area contributed by atoms with E-state index in [1.807, 2.05) is 32.1 Å². The van der Waals surface area contributed by atoms with E-state index in [0.29, 0.717) is 50.7 Å². The van der Waals surface area contributed by atoms with Crippen LogP contribution in [0.3, 0.4) is 0 Å². The summed E-state index contributed by atoms with van der Waals surface area (Å²) >= 11 is 0. The third kappa shape index (κ3) is 13.3. The number of carbonyl (C=O) groups is 3. The Kier molecular flexibility index (Phi) is 18.8. The molecule has 23 heteroatoms. The minimum absolute atomic E-state index is 0. The number of fused-ring (bicyclic) bond motifs is 3. The normalized spacial score (nSPS) is 10.3. The van der Waals surface area contributed by atoms with Gasteiger partial charge in [-0.25, -0.2) is 38.8 Å². The number of aromatic carboxylic acids is 1. The molecule has 9 rings (SSSR count). The first-order valence-corrected chi connectivity index (χ1v) is 20.3. The van der Waals surface area contributed by atoms with Crippen LogP contribution in [0.5, 0.6) is 0 Å². The molecule has 368 valence electrons. The van der Waals surface area contributed by atoms with Crippen molar-refractivity contribution in [2.75, 3.05) is 16.4 Å². The summed E-state index contributed by atoms with van der Waals surface area (Å²) in [4.78, 5) is 47.4. The maximum atomic E-state index is 13.4. The van der Waals surface area contributed by atoms with Gasteiger partial charge in [0.1, 0.15) is 45.8 Å². The summed E-state index contributed by atoms with van der Waals surface area (Å²) in [6.07, 6.45) is 7.43. The van der Waals surface area contributed by atoms with Gasteiger partial charge in [-0.15, -0.1) is 0 Å². The fourth-order valence-electron chi connectivity index (χ4n) is 6.24. The van der Waals surface area contributed by atoms with Crippen LogP contribution in [-0.4, -0.2) is 67.3 Å². The number of halogens is 3. The van der Waals surface area contributed by atoms with Crippen LogP contribution in [0.25, 0.3) is 16.9 Å². The van der Waals surface area contributed by atoms with Crippen molar-refractivity contribution in [2.45, 2.75) is 28.2 Å². The van der Waals surface area contributed by atoms with Gasteiger partial charge in [-0.3, -0.25) is 22.8 Å². The molecule has 20 nitrogen and oxygen atoms in total. The standard InChI is InChI=1S/C16H14FN5O2.C16H11FN4O.C8H5FN2O2.C8H8N2.CH4.H3NO/c1-9-2-3-10(15(18)21-24)6-12(9)20-16(23)13-7-19-14-5-4-11(17)8-22(13)14;1-10-2-3-11(7-18)6-13(10)20-16(22)14-8-19-15-5-4-12(17)9-21(14)15;9-5-1-2-7-10-3-6(8(12)13)11(7)4-5;1-6-2-3-7(5-9)4-8(6)10;;1-2/h2-8,24H,1H3,(H2,18,21)(H,20,23);2-6,8-9H,1H3,(H,20,22);1-4H,(H,12,13);2-4H,10H2,1H3;1H4;2H,1H2. The molecule has 0 aliphatic heterocycles. The Hall–Kier alpha value is -10.1. The van der Waals surface area contributed by atoms with Gasteiger partial charge in [0.25, 0.3) is 11.8 Å². The van der Waals surface area contributed by atoms with Crippen molar-refractivity contribution in [3.8, 4) is 12.1 Å². The number of carboxylic acid groups (broad SMARTS) is 1. The number of amides is 2. The predicted molar refractivity (Wildman–Crippen MR) is 261 cm³/mol. The Labute approximate surface area is 407 Å². The molecule has 0 atom stereocenters. The Bertz CT molecular complexity index is 3540. The molecule has 0 spiro atoms. The number of nitrogens with two attached hydrogens (primary N) is 3. The molecule has 0 bridgehead atoms. The minimum Gasteiger partial charge on any atom is -0.477 e. The highest BCUT2D eigenvalue weighted by Crippen LogP contribution is 2.21. The summed E-state index contributed by atoms with van der Waals surface area (Å²) in [5.74, 6) is 0.0134. The summed E-state index contributed by atoms with van der Waals surface area (Å²) < 4.78 is 43.4. The number of carboxylic acids is 1. The van der Waals surface area contributed by atoms with E-state index in [2.05, 4.69) is 36.6 Å².